The number of hydrogen-bond acceptors (Lipinski definition) is 4. The molecule has 0 aliphatic heterocycles. The Hall–Kier alpha value is -2.33. The normalized spacial score (nSPS) is 10.8. The van der Waals surface area contributed by atoms with E-state index in [-0.39, 0.29) is 5.76 Å². The van der Waals surface area contributed by atoms with Gasteiger partial charge in [-0.05, 0) is 36.8 Å². The molecule has 0 atom stereocenters. The van der Waals surface area contributed by atoms with E-state index in [1.165, 1.54) is 0 Å². The monoisotopic (exact) mass is 315 g/mol. The number of aromatic nitrogens is 1. The molecule has 0 spiro atoms. The minimum atomic E-state index is -0.443. The quantitative estimate of drug-likeness (QED) is 0.675. The largest absolute Gasteiger partial charge is 0.460 e. The van der Waals surface area contributed by atoms with Crippen LogP contribution in [0.2, 0.25) is 5.02 Å². The molecule has 0 fully saturated rings. The van der Waals surface area contributed by atoms with Crippen LogP contribution in [0.4, 0.5) is 0 Å². The summed E-state index contributed by atoms with van der Waals surface area (Å²) in [5.41, 5.74) is 1.96. The molecule has 3 aromatic rings. The van der Waals surface area contributed by atoms with Crippen molar-refractivity contribution in [1.82, 2.24) is 4.98 Å². The van der Waals surface area contributed by atoms with Crippen LogP contribution in [0.1, 0.15) is 28.7 Å². The van der Waals surface area contributed by atoms with E-state index in [4.69, 9.17) is 20.8 Å². The highest BCUT2D eigenvalue weighted by Crippen LogP contribution is 2.24. The fourth-order valence-electron chi connectivity index (χ4n) is 2.32. The lowest BCUT2D eigenvalue weighted by Gasteiger charge is -2.02. The van der Waals surface area contributed by atoms with Crippen molar-refractivity contribution >= 4 is 28.3 Å². The molecule has 3 rings (SSSR count). The number of nitrogens with zero attached hydrogens (tertiary/aromatic N) is 1. The van der Waals surface area contributed by atoms with Gasteiger partial charge in [-0.15, -0.1) is 0 Å². The Morgan fingerprint density at radius 3 is 2.95 bits per heavy atom. The van der Waals surface area contributed by atoms with E-state index in [0.717, 1.165) is 22.0 Å². The first-order valence-electron chi connectivity index (χ1n) is 6.95. The topological polar surface area (TPSA) is 52.3 Å². The minimum Gasteiger partial charge on any atom is -0.460 e. The molecule has 0 bridgehead atoms. The number of hydrogen-bond donors (Lipinski definition) is 0. The number of fused-ring (bicyclic) bond motifs is 1. The number of esters is 1. The van der Waals surface area contributed by atoms with Crippen molar-refractivity contribution in [2.75, 3.05) is 6.61 Å². The van der Waals surface area contributed by atoms with Crippen molar-refractivity contribution in [2.45, 2.75) is 13.3 Å². The third kappa shape index (κ3) is 2.97. The van der Waals surface area contributed by atoms with Crippen LogP contribution in [0.5, 0.6) is 0 Å². The van der Waals surface area contributed by atoms with Crippen LogP contribution in [0, 0.1) is 0 Å². The average molecular weight is 316 g/mol. The molecule has 0 saturated carbocycles. The maximum absolute atomic E-state index is 11.8. The summed E-state index contributed by atoms with van der Waals surface area (Å²) in [7, 11) is 0. The Morgan fingerprint density at radius 2 is 2.18 bits per heavy atom. The molecule has 4 nitrogen and oxygen atoms in total. The lowest BCUT2D eigenvalue weighted by molar-refractivity contribution is 0.0493. The van der Waals surface area contributed by atoms with Gasteiger partial charge in [-0.1, -0.05) is 17.7 Å². The van der Waals surface area contributed by atoms with Gasteiger partial charge in [-0.2, -0.15) is 0 Å². The van der Waals surface area contributed by atoms with Gasteiger partial charge in [-0.25, -0.2) is 4.79 Å². The lowest BCUT2D eigenvalue weighted by atomic mass is 10.1. The summed E-state index contributed by atoms with van der Waals surface area (Å²) in [5, 5.41) is 2.28. The Kier molecular flexibility index (Phi) is 4.11. The highest BCUT2D eigenvalue weighted by Gasteiger charge is 2.16. The summed E-state index contributed by atoms with van der Waals surface area (Å²) >= 11 is 5.97. The van der Waals surface area contributed by atoms with E-state index in [1.807, 2.05) is 24.3 Å². The fraction of sp³-hybridized carbons (Fsp3) is 0.176. The molecule has 1 aromatic carbocycles. The number of carbonyl (C=O) groups excluding carboxylic acids is 1. The maximum Gasteiger partial charge on any atom is 0.374 e. The predicted octanol–water partition coefficient (Wildman–Crippen LogP) is 4.25. The Labute approximate surface area is 132 Å². The van der Waals surface area contributed by atoms with Crippen LogP contribution < -0.4 is 0 Å². The van der Waals surface area contributed by atoms with E-state index >= 15 is 0 Å². The molecule has 0 amide bonds. The van der Waals surface area contributed by atoms with E-state index in [9.17, 15) is 4.79 Å². The first-order chi connectivity index (χ1) is 10.7. The molecular formula is C17H14ClNO3. The third-order valence-corrected chi connectivity index (χ3v) is 3.52. The second kappa shape index (κ2) is 6.20. The fourth-order valence-corrected chi connectivity index (χ4v) is 2.50. The maximum atomic E-state index is 11.8. The predicted molar refractivity (Wildman–Crippen MR) is 84.2 cm³/mol. The molecule has 0 aliphatic rings. The number of halogens is 1. The molecule has 112 valence electrons. The van der Waals surface area contributed by atoms with Crippen LogP contribution in [0.15, 0.2) is 47.2 Å². The zero-order valence-electron chi connectivity index (χ0n) is 12.0. The molecule has 0 radical (unpaired) electrons. The van der Waals surface area contributed by atoms with Crippen molar-refractivity contribution in [3.63, 3.8) is 0 Å². The van der Waals surface area contributed by atoms with E-state index in [2.05, 4.69) is 4.98 Å². The van der Waals surface area contributed by atoms with Gasteiger partial charge in [0.1, 0.15) is 0 Å². The molecular weight excluding hydrogens is 302 g/mol. The van der Waals surface area contributed by atoms with Crippen molar-refractivity contribution in [2.24, 2.45) is 0 Å². The number of rotatable bonds is 4. The van der Waals surface area contributed by atoms with Crippen LogP contribution in [0.25, 0.3) is 10.8 Å². The summed E-state index contributed by atoms with van der Waals surface area (Å²) in [6.45, 7) is 2.08. The second-order valence-electron chi connectivity index (χ2n) is 4.85. The van der Waals surface area contributed by atoms with Crippen LogP contribution in [-0.2, 0) is 11.2 Å². The highest BCUT2D eigenvalue weighted by atomic mass is 35.5. The Morgan fingerprint density at radius 1 is 1.32 bits per heavy atom. The zero-order valence-corrected chi connectivity index (χ0v) is 12.8. The van der Waals surface area contributed by atoms with Gasteiger partial charge in [0.2, 0.25) is 5.76 Å². The summed E-state index contributed by atoms with van der Waals surface area (Å²) < 4.78 is 10.3. The minimum absolute atomic E-state index is 0.240. The first-order valence-corrected chi connectivity index (χ1v) is 7.33. The molecule has 0 unspecified atom stereocenters. The number of carbonyl (C=O) groups is 1. The Bertz CT molecular complexity index is 826. The van der Waals surface area contributed by atoms with Gasteiger partial charge >= 0.3 is 5.97 Å². The summed E-state index contributed by atoms with van der Waals surface area (Å²) in [6.07, 6.45) is 3.92. The standard InChI is InChI=1S/C17H14ClNO3/c1-2-21-17(20)16-15-4-3-11(7-12(15)10-22-16)8-14-9-13(18)5-6-19-14/h3-7,9-10H,2,8H2,1H3. The van der Waals surface area contributed by atoms with E-state index < -0.39 is 5.97 Å². The lowest BCUT2D eigenvalue weighted by Crippen LogP contribution is -2.03. The second-order valence-corrected chi connectivity index (χ2v) is 5.29. The summed E-state index contributed by atoms with van der Waals surface area (Å²) in [4.78, 5) is 16.1. The molecule has 22 heavy (non-hydrogen) atoms. The van der Waals surface area contributed by atoms with Gasteiger partial charge in [0.15, 0.2) is 0 Å². The zero-order chi connectivity index (χ0) is 15.5. The van der Waals surface area contributed by atoms with Gasteiger partial charge in [0.25, 0.3) is 0 Å². The summed E-state index contributed by atoms with van der Waals surface area (Å²) in [5.74, 6) is -0.203. The molecule has 0 N–H and O–H groups in total. The van der Waals surface area contributed by atoms with E-state index in [1.54, 1.807) is 25.5 Å². The van der Waals surface area contributed by atoms with E-state index in [0.29, 0.717) is 18.1 Å². The van der Waals surface area contributed by atoms with Gasteiger partial charge in [-0.3, -0.25) is 4.98 Å². The van der Waals surface area contributed by atoms with Gasteiger partial charge < -0.3 is 9.15 Å². The molecule has 2 heterocycles. The number of benzene rings is 1. The Balaban J connectivity index is 1.89. The smallest absolute Gasteiger partial charge is 0.374 e. The van der Waals surface area contributed by atoms with Crippen molar-refractivity contribution in [1.29, 1.82) is 0 Å². The van der Waals surface area contributed by atoms with Crippen LogP contribution in [0.3, 0.4) is 0 Å². The number of furan rings is 1. The van der Waals surface area contributed by atoms with Gasteiger partial charge in [0, 0.05) is 34.1 Å². The molecule has 0 aliphatic carbocycles. The summed E-state index contributed by atoms with van der Waals surface area (Å²) in [6, 6.07) is 9.37. The number of pyridine rings is 1. The first kappa shape index (κ1) is 14.6. The van der Waals surface area contributed by atoms with Crippen LogP contribution >= 0.6 is 11.6 Å². The van der Waals surface area contributed by atoms with Crippen LogP contribution in [-0.4, -0.2) is 17.6 Å². The molecule has 2 aromatic heterocycles. The molecule has 0 saturated heterocycles. The van der Waals surface area contributed by atoms with Gasteiger partial charge in [0.05, 0.1) is 12.9 Å². The van der Waals surface area contributed by atoms with Crippen molar-refractivity contribution in [3.8, 4) is 0 Å². The third-order valence-electron chi connectivity index (χ3n) is 3.29. The molecule has 5 heteroatoms. The number of ether oxygens (including phenoxy) is 1. The SMILES string of the molecule is CCOC(=O)c1occ2cc(Cc3cc(Cl)ccn3)ccc12. The average Bonchev–Trinajstić information content (AvgIpc) is 2.90. The highest BCUT2D eigenvalue weighted by molar-refractivity contribution is 6.30. The van der Waals surface area contributed by atoms with Crippen molar-refractivity contribution < 1.29 is 13.9 Å². The van der Waals surface area contributed by atoms with Crippen molar-refractivity contribution in [3.05, 3.63) is 64.8 Å².